The quantitative estimate of drug-likeness (QED) is 0.737. The number of hydrogen-bond donors (Lipinski definition) is 1. The number of methoxy groups -OCH3 is 1. The van der Waals surface area contributed by atoms with Crippen LogP contribution in [0, 0.1) is 5.92 Å². The minimum Gasteiger partial charge on any atom is -0.495 e. The summed E-state index contributed by atoms with van der Waals surface area (Å²) in [6.45, 7) is 3.35. The van der Waals surface area contributed by atoms with E-state index in [0.29, 0.717) is 0 Å². The number of ether oxygens (including phenoxy) is 1. The monoisotopic (exact) mass is 191 g/mol. The number of fused-ring (bicyclic) bond motifs is 1. The largest absolute Gasteiger partial charge is 0.495 e. The molecule has 1 aliphatic rings. The minimum atomic E-state index is 0.760. The van der Waals surface area contributed by atoms with E-state index in [1.54, 1.807) is 7.11 Å². The standard InChI is InChI=1S/C12H17NO/c1-9-6-7-13-12-10(8-9)4-3-5-11(12)14-2/h3-5,9,13H,6-8H2,1-2H3. The second-order valence-electron chi connectivity index (χ2n) is 4.02. The predicted molar refractivity (Wildman–Crippen MR) is 59.0 cm³/mol. The van der Waals surface area contributed by atoms with Gasteiger partial charge in [-0.05, 0) is 30.4 Å². The molecule has 0 aliphatic carbocycles. The Morgan fingerprint density at radius 2 is 2.29 bits per heavy atom. The summed E-state index contributed by atoms with van der Waals surface area (Å²) >= 11 is 0. The molecule has 76 valence electrons. The SMILES string of the molecule is COc1cccc2c1NCCC(C)C2. The van der Waals surface area contributed by atoms with Gasteiger partial charge in [-0.3, -0.25) is 0 Å². The molecule has 0 bridgehead atoms. The molecule has 1 aliphatic heterocycles. The molecule has 0 aromatic heterocycles. The van der Waals surface area contributed by atoms with Crippen LogP contribution >= 0.6 is 0 Å². The highest BCUT2D eigenvalue weighted by atomic mass is 16.5. The Morgan fingerprint density at radius 3 is 3.07 bits per heavy atom. The molecule has 14 heavy (non-hydrogen) atoms. The summed E-state index contributed by atoms with van der Waals surface area (Å²) in [5.41, 5.74) is 2.58. The van der Waals surface area contributed by atoms with Crippen molar-refractivity contribution in [1.82, 2.24) is 0 Å². The highest BCUT2D eigenvalue weighted by Gasteiger charge is 2.15. The zero-order valence-electron chi connectivity index (χ0n) is 8.84. The van der Waals surface area contributed by atoms with Crippen LogP contribution in [0.1, 0.15) is 18.9 Å². The number of hydrogen-bond acceptors (Lipinski definition) is 2. The molecule has 0 amide bonds. The van der Waals surface area contributed by atoms with E-state index in [0.717, 1.165) is 24.6 Å². The summed E-state index contributed by atoms with van der Waals surface area (Å²) in [5.74, 6) is 1.73. The van der Waals surface area contributed by atoms with Gasteiger partial charge in [0.15, 0.2) is 0 Å². The first-order valence-corrected chi connectivity index (χ1v) is 5.21. The molecule has 1 heterocycles. The zero-order chi connectivity index (χ0) is 9.97. The van der Waals surface area contributed by atoms with Crippen LogP contribution in [0.4, 0.5) is 5.69 Å². The van der Waals surface area contributed by atoms with E-state index in [4.69, 9.17) is 4.74 Å². The van der Waals surface area contributed by atoms with Gasteiger partial charge in [0.1, 0.15) is 5.75 Å². The van der Waals surface area contributed by atoms with E-state index in [2.05, 4.69) is 24.4 Å². The lowest BCUT2D eigenvalue weighted by Gasteiger charge is -2.12. The van der Waals surface area contributed by atoms with Gasteiger partial charge in [-0.25, -0.2) is 0 Å². The first-order valence-electron chi connectivity index (χ1n) is 5.21. The van der Waals surface area contributed by atoms with Crippen molar-refractivity contribution in [2.45, 2.75) is 19.8 Å². The fourth-order valence-corrected chi connectivity index (χ4v) is 2.04. The average Bonchev–Trinajstić information content (AvgIpc) is 2.37. The summed E-state index contributed by atoms with van der Waals surface area (Å²) in [6.07, 6.45) is 2.39. The molecule has 0 spiro atoms. The van der Waals surface area contributed by atoms with Crippen LogP contribution in [0.3, 0.4) is 0 Å². The van der Waals surface area contributed by atoms with Gasteiger partial charge in [0.25, 0.3) is 0 Å². The van der Waals surface area contributed by atoms with E-state index in [1.807, 2.05) is 6.07 Å². The van der Waals surface area contributed by atoms with E-state index in [1.165, 1.54) is 17.7 Å². The molecular weight excluding hydrogens is 174 g/mol. The fraction of sp³-hybridized carbons (Fsp3) is 0.500. The first kappa shape index (κ1) is 9.38. The molecule has 0 radical (unpaired) electrons. The molecule has 1 N–H and O–H groups in total. The molecule has 0 saturated carbocycles. The Balaban J connectivity index is 2.38. The molecular formula is C12H17NO. The van der Waals surface area contributed by atoms with E-state index < -0.39 is 0 Å². The Bertz CT molecular complexity index is 322. The second kappa shape index (κ2) is 3.91. The summed E-state index contributed by atoms with van der Waals surface area (Å²) in [6, 6.07) is 6.27. The van der Waals surface area contributed by atoms with Gasteiger partial charge < -0.3 is 10.1 Å². The van der Waals surface area contributed by atoms with Crippen LogP contribution in [0.5, 0.6) is 5.75 Å². The van der Waals surface area contributed by atoms with Gasteiger partial charge in [-0.2, -0.15) is 0 Å². The normalized spacial score (nSPS) is 20.6. The van der Waals surface area contributed by atoms with Crippen molar-refractivity contribution >= 4 is 5.69 Å². The highest BCUT2D eigenvalue weighted by molar-refractivity contribution is 5.62. The van der Waals surface area contributed by atoms with E-state index in [-0.39, 0.29) is 0 Å². The Kier molecular flexibility index (Phi) is 2.62. The third kappa shape index (κ3) is 1.69. The number of nitrogens with one attached hydrogen (secondary N) is 1. The second-order valence-corrected chi connectivity index (χ2v) is 4.02. The minimum absolute atomic E-state index is 0.760. The average molecular weight is 191 g/mol. The van der Waals surface area contributed by atoms with Crippen LogP contribution in [-0.4, -0.2) is 13.7 Å². The number of para-hydroxylation sites is 1. The molecule has 0 saturated heterocycles. The number of rotatable bonds is 1. The summed E-state index contributed by atoms with van der Waals surface area (Å²) in [7, 11) is 1.73. The van der Waals surface area contributed by atoms with Gasteiger partial charge in [0.05, 0.1) is 12.8 Å². The summed E-state index contributed by atoms with van der Waals surface area (Å²) in [4.78, 5) is 0. The van der Waals surface area contributed by atoms with Crippen molar-refractivity contribution in [2.75, 3.05) is 19.0 Å². The Morgan fingerprint density at radius 1 is 1.43 bits per heavy atom. The molecule has 2 heteroatoms. The van der Waals surface area contributed by atoms with Gasteiger partial charge in [0.2, 0.25) is 0 Å². The smallest absolute Gasteiger partial charge is 0.142 e. The van der Waals surface area contributed by atoms with Crippen LogP contribution in [0.2, 0.25) is 0 Å². The van der Waals surface area contributed by atoms with Crippen molar-refractivity contribution in [3.05, 3.63) is 23.8 Å². The molecule has 2 rings (SSSR count). The molecule has 2 nitrogen and oxygen atoms in total. The van der Waals surface area contributed by atoms with E-state index >= 15 is 0 Å². The van der Waals surface area contributed by atoms with Gasteiger partial charge in [-0.15, -0.1) is 0 Å². The lowest BCUT2D eigenvalue weighted by Crippen LogP contribution is -2.03. The van der Waals surface area contributed by atoms with Crippen molar-refractivity contribution in [2.24, 2.45) is 5.92 Å². The van der Waals surface area contributed by atoms with Crippen molar-refractivity contribution < 1.29 is 4.74 Å². The topological polar surface area (TPSA) is 21.3 Å². The van der Waals surface area contributed by atoms with Gasteiger partial charge >= 0.3 is 0 Å². The maximum absolute atomic E-state index is 5.34. The predicted octanol–water partition coefficient (Wildman–Crippen LogP) is 2.69. The third-order valence-electron chi connectivity index (χ3n) is 2.84. The lowest BCUT2D eigenvalue weighted by atomic mass is 9.99. The Labute approximate surface area is 85.3 Å². The van der Waals surface area contributed by atoms with Gasteiger partial charge in [-0.1, -0.05) is 19.1 Å². The number of anilines is 1. The maximum Gasteiger partial charge on any atom is 0.142 e. The van der Waals surface area contributed by atoms with Crippen LogP contribution < -0.4 is 10.1 Å². The maximum atomic E-state index is 5.34. The van der Waals surface area contributed by atoms with Crippen molar-refractivity contribution in [3.8, 4) is 5.75 Å². The highest BCUT2D eigenvalue weighted by Crippen LogP contribution is 2.32. The van der Waals surface area contributed by atoms with E-state index in [9.17, 15) is 0 Å². The van der Waals surface area contributed by atoms with Crippen molar-refractivity contribution in [3.63, 3.8) is 0 Å². The third-order valence-corrected chi connectivity index (χ3v) is 2.84. The van der Waals surface area contributed by atoms with Crippen LogP contribution in [0.15, 0.2) is 18.2 Å². The van der Waals surface area contributed by atoms with Crippen molar-refractivity contribution in [1.29, 1.82) is 0 Å². The fourth-order valence-electron chi connectivity index (χ4n) is 2.04. The first-order chi connectivity index (χ1) is 6.81. The molecule has 1 aromatic carbocycles. The van der Waals surface area contributed by atoms with Gasteiger partial charge in [0, 0.05) is 6.54 Å². The molecule has 0 fully saturated rings. The number of benzene rings is 1. The molecule has 1 aromatic rings. The Hall–Kier alpha value is -1.18. The lowest BCUT2D eigenvalue weighted by molar-refractivity contribution is 0.416. The zero-order valence-corrected chi connectivity index (χ0v) is 8.84. The molecule has 1 atom stereocenters. The summed E-state index contributed by atoms with van der Waals surface area (Å²) in [5, 5.41) is 3.45. The van der Waals surface area contributed by atoms with Crippen LogP contribution in [0.25, 0.3) is 0 Å². The summed E-state index contributed by atoms with van der Waals surface area (Å²) < 4.78 is 5.34. The molecule has 1 unspecified atom stereocenters. The van der Waals surface area contributed by atoms with Crippen LogP contribution in [-0.2, 0) is 6.42 Å².